The maximum atomic E-state index is 13.5. The molecule has 0 saturated heterocycles. The van der Waals surface area contributed by atoms with Gasteiger partial charge in [0.2, 0.25) is 10.0 Å². The highest BCUT2D eigenvalue weighted by Crippen LogP contribution is 2.38. The topological polar surface area (TPSA) is 66.4 Å². The van der Waals surface area contributed by atoms with Crippen molar-refractivity contribution in [2.75, 3.05) is 6.54 Å². The van der Waals surface area contributed by atoms with Gasteiger partial charge < -0.3 is 5.11 Å². The molecule has 142 valence electrons. The van der Waals surface area contributed by atoms with Gasteiger partial charge >= 0.3 is 6.18 Å². The van der Waals surface area contributed by atoms with Crippen molar-refractivity contribution in [3.8, 4) is 0 Å². The second-order valence-electron chi connectivity index (χ2n) is 6.06. The maximum Gasteiger partial charge on any atom is 0.422 e. The average molecular weight is 395 g/mol. The Kier molecular flexibility index (Phi) is 4.98. The molecule has 0 aliphatic heterocycles. The molecule has 0 radical (unpaired) electrons. The van der Waals surface area contributed by atoms with Crippen LogP contribution in [0.4, 0.5) is 13.2 Å². The third-order valence-electron chi connectivity index (χ3n) is 4.27. The van der Waals surface area contributed by atoms with Crippen LogP contribution in [0.5, 0.6) is 0 Å². The van der Waals surface area contributed by atoms with Crippen molar-refractivity contribution in [2.24, 2.45) is 0 Å². The molecule has 3 aromatic rings. The number of sulfonamides is 1. The van der Waals surface area contributed by atoms with Gasteiger partial charge in [0.15, 0.2) is 5.60 Å². The molecule has 3 rings (SSSR count). The summed E-state index contributed by atoms with van der Waals surface area (Å²) in [5, 5.41) is 11.7. The number of hydrogen-bond donors (Lipinski definition) is 2. The van der Waals surface area contributed by atoms with Crippen molar-refractivity contribution in [3.05, 3.63) is 78.4 Å². The number of aliphatic hydroxyl groups is 1. The molecular weight excluding hydrogens is 379 g/mol. The predicted molar refractivity (Wildman–Crippen MR) is 95.5 cm³/mol. The molecule has 1 unspecified atom stereocenters. The lowest BCUT2D eigenvalue weighted by molar-refractivity contribution is -0.263. The number of nitrogens with one attached hydrogen (secondary N) is 1. The molecule has 1 atom stereocenters. The van der Waals surface area contributed by atoms with Crippen LogP contribution in [0.15, 0.2) is 77.7 Å². The summed E-state index contributed by atoms with van der Waals surface area (Å²) in [5.41, 5.74) is -3.79. The zero-order chi connectivity index (χ0) is 19.7. The second-order valence-corrected chi connectivity index (χ2v) is 7.82. The smallest absolute Gasteiger partial charge is 0.375 e. The van der Waals surface area contributed by atoms with Crippen molar-refractivity contribution < 1.29 is 26.7 Å². The van der Waals surface area contributed by atoms with Crippen LogP contribution in [-0.2, 0) is 15.6 Å². The van der Waals surface area contributed by atoms with E-state index in [-0.39, 0.29) is 4.90 Å². The average Bonchev–Trinajstić information content (AvgIpc) is 2.65. The van der Waals surface area contributed by atoms with E-state index in [9.17, 15) is 26.7 Å². The van der Waals surface area contributed by atoms with E-state index in [1.54, 1.807) is 30.3 Å². The Morgan fingerprint density at radius 3 is 2.07 bits per heavy atom. The van der Waals surface area contributed by atoms with Gasteiger partial charge in [-0.2, -0.15) is 13.2 Å². The highest BCUT2D eigenvalue weighted by Gasteiger charge is 2.55. The fraction of sp³-hybridized carbons (Fsp3) is 0.158. The van der Waals surface area contributed by atoms with Crippen molar-refractivity contribution in [2.45, 2.75) is 16.7 Å². The molecule has 27 heavy (non-hydrogen) atoms. The van der Waals surface area contributed by atoms with Crippen LogP contribution < -0.4 is 4.72 Å². The third-order valence-corrected chi connectivity index (χ3v) is 5.67. The minimum Gasteiger partial charge on any atom is -0.375 e. The summed E-state index contributed by atoms with van der Waals surface area (Å²) in [5.74, 6) is 0. The highest BCUT2D eigenvalue weighted by atomic mass is 32.2. The molecule has 0 aliphatic rings. The summed E-state index contributed by atoms with van der Waals surface area (Å²) in [4.78, 5) is -0.182. The first-order valence-corrected chi connectivity index (χ1v) is 9.45. The zero-order valence-electron chi connectivity index (χ0n) is 13.9. The Labute approximate surface area is 154 Å². The quantitative estimate of drug-likeness (QED) is 0.694. The largest absolute Gasteiger partial charge is 0.422 e. The molecule has 0 aromatic heterocycles. The summed E-state index contributed by atoms with van der Waals surface area (Å²) in [7, 11) is -4.26. The molecular formula is C19H16F3NO3S. The van der Waals surface area contributed by atoms with E-state index in [0.717, 1.165) is 17.5 Å². The van der Waals surface area contributed by atoms with Crippen LogP contribution in [-0.4, -0.2) is 26.2 Å². The van der Waals surface area contributed by atoms with Gasteiger partial charge in [-0.3, -0.25) is 0 Å². The van der Waals surface area contributed by atoms with E-state index in [1.165, 1.54) is 30.3 Å². The summed E-state index contributed by atoms with van der Waals surface area (Å²) in [6.45, 7) is -1.24. The van der Waals surface area contributed by atoms with Crippen molar-refractivity contribution >= 4 is 20.8 Å². The molecule has 0 heterocycles. The van der Waals surface area contributed by atoms with Crippen LogP contribution in [0, 0.1) is 0 Å². The second kappa shape index (κ2) is 6.95. The van der Waals surface area contributed by atoms with Gasteiger partial charge in [0.25, 0.3) is 0 Å². The maximum absolute atomic E-state index is 13.5. The van der Waals surface area contributed by atoms with Gasteiger partial charge in [0.1, 0.15) is 0 Å². The van der Waals surface area contributed by atoms with Crippen LogP contribution >= 0.6 is 0 Å². The molecule has 2 N–H and O–H groups in total. The summed E-state index contributed by atoms with van der Waals surface area (Å²) in [6, 6.07) is 17.6. The highest BCUT2D eigenvalue weighted by molar-refractivity contribution is 7.89. The molecule has 3 aromatic carbocycles. The zero-order valence-corrected chi connectivity index (χ0v) is 14.8. The van der Waals surface area contributed by atoms with Gasteiger partial charge in [-0.05, 0) is 28.5 Å². The van der Waals surface area contributed by atoms with E-state index in [4.69, 9.17) is 0 Å². The van der Waals surface area contributed by atoms with E-state index in [1.807, 2.05) is 4.72 Å². The van der Waals surface area contributed by atoms with Crippen LogP contribution in [0.25, 0.3) is 10.8 Å². The van der Waals surface area contributed by atoms with E-state index >= 15 is 0 Å². The SMILES string of the molecule is O=S(=O)(NCC(O)(c1ccccc1)C(F)(F)F)c1ccc2ccccc2c1. The Balaban J connectivity index is 1.92. The number of halogens is 3. The fourth-order valence-electron chi connectivity index (χ4n) is 2.70. The van der Waals surface area contributed by atoms with Gasteiger partial charge in [0, 0.05) is 0 Å². The summed E-state index contributed by atoms with van der Waals surface area (Å²) < 4.78 is 67.3. The molecule has 0 saturated carbocycles. The van der Waals surface area contributed by atoms with E-state index in [0.29, 0.717) is 5.39 Å². The normalized spacial score (nSPS) is 14.8. The van der Waals surface area contributed by atoms with Gasteiger partial charge in [-0.1, -0.05) is 60.7 Å². The molecule has 0 fully saturated rings. The first-order valence-electron chi connectivity index (χ1n) is 7.97. The van der Waals surface area contributed by atoms with Gasteiger partial charge in [-0.15, -0.1) is 0 Å². The lowest BCUT2D eigenvalue weighted by Crippen LogP contribution is -2.51. The monoisotopic (exact) mass is 395 g/mol. The number of benzene rings is 3. The lowest BCUT2D eigenvalue weighted by atomic mass is 9.93. The Hall–Kier alpha value is -2.42. The fourth-order valence-corrected chi connectivity index (χ4v) is 3.79. The Morgan fingerprint density at radius 2 is 1.44 bits per heavy atom. The third kappa shape index (κ3) is 3.83. The van der Waals surface area contributed by atoms with E-state index in [2.05, 4.69) is 0 Å². The Morgan fingerprint density at radius 1 is 0.852 bits per heavy atom. The number of fused-ring (bicyclic) bond motifs is 1. The van der Waals surface area contributed by atoms with Crippen LogP contribution in [0.2, 0.25) is 0 Å². The number of hydrogen-bond acceptors (Lipinski definition) is 3. The first-order chi connectivity index (χ1) is 12.6. The molecule has 4 nitrogen and oxygen atoms in total. The molecule has 0 amide bonds. The molecule has 0 aliphatic carbocycles. The van der Waals surface area contributed by atoms with Crippen LogP contribution in [0.3, 0.4) is 0 Å². The molecule has 8 heteroatoms. The van der Waals surface area contributed by atoms with Crippen molar-refractivity contribution in [1.29, 1.82) is 0 Å². The Bertz CT molecular complexity index is 1050. The molecule has 0 bridgehead atoms. The number of alkyl halides is 3. The van der Waals surface area contributed by atoms with E-state index < -0.39 is 33.9 Å². The first kappa shape index (κ1) is 19.3. The lowest BCUT2D eigenvalue weighted by Gasteiger charge is -2.31. The van der Waals surface area contributed by atoms with Crippen molar-refractivity contribution in [1.82, 2.24) is 4.72 Å². The van der Waals surface area contributed by atoms with Crippen molar-refractivity contribution in [3.63, 3.8) is 0 Å². The predicted octanol–water partition coefficient (Wildman–Crippen LogP) is 3.57. The summed E-state index contributed by atoms with van der Waals surface area (Å²) >= 11 is 0. The molecule has 0 spiro atoms. The standard InChI is InChI=1S/C19H16F3NO3S/c20-19(21,22)18(24,16-8-2-1-3-9-16)13-23-27(25,26)17-11-10-14-6-4-5-7-15(14)12-17/h1-12,23-24H,13H2. The van der Waals surface area contributed by atoms with Gasteiger partial charge in [-0.25, -0.2) is 13.1 Å². The minimum atomic E-state index is -5.07. The van der Waals surface area contributed by atoms with Crippen LogP contribution in [0.1, 0.15) is 5.56 Å². The number of rotatable bonds is 5. The summed E-state index contributed by atoms with van der Waals surface area (Å²) in [6.07, 6.45) is -5.07. The minimum absolute atomic E-state index is 0.182. The van der Waals surface area contributed by atoms with Gasteiger partial charge in [0.05, 0.1) is 11.4 Å².